The van der Waals surface area contributed by atoms with E-state index in [1.54, 1.807) is 12.1 Å². The minimum Gasteiger partial charge on any atom is -0.508 e. The van der Waals surface area contributed by atoms with Crippen LogP contribution in [0, 0.1) is 13.8 Å². The van der Waals surface area contributed by atoms with Gasteiger partial charge in [-0.15, -0.1) is 0 Å². The summed E-state index contributed by atoms with van der Waals surface area (Å²) in [5.74, 6) is 2.81. The number of rotatable bonds is 13. The highest BCUT2D eigenvalue weighted by molar-refractivity contribution is 5.85. The smallest absolute Gasteiger partial charge is 0.298 e. The molecule has 4 rings (SSSR count). The first-order chi connectivity index (χ1) is 17.5. The highest BCUT2D eigenvalue weighted by atomic mass is 16.3. The number of nitrogens with zero attached hydrogens (tertiary/aromatic N) is 4. The number of aromatic hydroxyl groups is 2. The van der Waals surface area contributed by atoms with E-state index >= 15 is 0 Å². The molecule has 0 saturated carbocycles. The zero-order valence-electron chi connectivity index (χ0n) is 21.1. The van der Waals surface area contributed by atoms with E-state index in [-0.39, 0.29) is 0 Å². The Balaban J connectivity index is 1.12. The number of phenolic OH excluding ortho intramolecular Hbond substituents is 2. The van der Waals surface area contributed by atoms with Crippen molar-refractivity contribution in [2.24, 2.45) is 0 Å². The summed E-state index contributed by atoms with van der Waals surface area (Å²) in [5.41, 5.74) is 3.59. The van der Waals surface area contributed by atoms with Gasteiger partial charge in [-0.25, -0.2) is 9.80 Å². The molecule has 188 valence electrons. The van der Waals surface area contributed by atoms with E-state index in [9.17, 15) is 10.2 Å². The van der Waals surface area contributed by atoms with Crippen molar-refractivity contribution in [3.8, 4) is 11.5 Å². The van der Waals surface area contributed by atoms with Gasteiger partial charge in [0.1, 0.15) is 37.0 Å². The van der Waals surface area contributed by atoms with Crippen LogP contribution >= 0.6 is 0 Å². The number of aliphatic imine (C=N–C) groups is 2. The molecular formula is C28H36N6O2+2. The molecule has 8 heteroatoms. The number of anilines is 2. The van der Waals surface area contributed by atoms with Crippen LogP contribution in [0.4, 0.5) is 11.4 Å². The SMILES string of the molecule is Cc1ccc(NCCN2C=C[N+]=C2CCCCC2=[N+]C=CN2CCNc2ccc(C)c(O)c2)cc1O. The molecule has 0 aliphatic carbocycles. The average Bonchev–Trinajstić information content (AvgIpc) is 3.50. The Bertz CT molecular complexity index is 1080. The third-order valence-electron chi connectivity index (χ3n) is 6.44. The molecule has 8 nitrogen and oxygen atoms in total. The van der Waals surface area contributed by atoms with E-state index in [2.05, 4.69) is 30.4 Å². The fourth-order valence-electron chi connectivity index (χ4n) is 4.19. The standard InChI is InChI=1S/C28H36N6O2/c1-21-7-9-23(19-25(21)35)29-11-15-33-17-13-31-27(33)5-3-4-6-28-32-14-18-34(28)16-12-30-24-10-8-22(2)26(36)20-24/h7-10,13-14,17-20,29-30,35-36H,3-6,11-12,15-16H2,1-2H3/q+2. The van der Waals surface area contributed by atoms with Crippen molar-refractivity contribution in [3.63, 3.8) is 0 Å². The van der Waals surface area contributed by atoms with Crippen molar-refractivity contribution >= 4 is 23.0 Å². The summed E-state index contributed by atoms with van der Waals surface area (Å²) in [4.78, 5) is 13.5. The molecule has 4 N–H and O–H groups in total. The van der Waals surface area contributed by atoms with Crippen molar-refractivity contribution < 1.29 is 10.2 Å². The van der Waals surface area contributed by atoms with Crippen LogP contribution in [0.2, 0.25) is 0 Å². The van der Waals surface area contributed by atoms with Gasteiger partial charge in [0.15, 0.2) is 12.4 Å². The molecule has 2 heterocycles. The minimum absolute atomic E-state index is 0.312. The van der Waals surface area contributed by atoms with E-state index < -0.39 is 0 Å². The number of phenols is 2. The van der Waals surface area contributed by atoms with Crippen LogP contribution in [-0.4, -0.2) is 57.9 Å². The average molecular weight is 489 g/mol. The first kappa shape index (κ1) is 25.2. The van der Waals surface area contributed by atoms with Crippen molar-refractivity contribution in [1.29, 1.82) is 0 Å². The second-order valence-electron chi connectivity index (χ2n) is 9.14. The Kier molecular flexibility index (Phi) is 8.49. The Hall–Kier alpha value is -3.94. The van der Waals surface area contributed by atoms with Gasteiger partial charge >= 0.3 is 0 Å². The molecule has 0 aromatic heterocycles. The number of aryl methyl sites for hydroxylation is 2. The number of amidine groups is 2. The van der Waals surface area contributed by atoms with Crippen LogP contribution in [-0.2, 0) is 0 Å². The van der Waals surface area contributed by atoms with Gasteiger partial charge in [0.25, 0.3) is 11.7 Å². The lowest BCUT2D eigenvalue weighted by molar-refractivity contribution is 0.471. The fourth-order valence-corrected chi connectivity index (χ4v) is 4.19. The van der Waals surface area contributed by atoms with Crippen LogP contribution in [0.15, 0.2) is 61.2 Å². The molecule has 0 fully saturated rings. The van der Waals surface area contributed by atoms with E-state index in [0.29, 0.717) is 11.5 Å². The van der Waals surface area contributed by atoms with Crippen molar-refractivity contribution in [2.45, 2.75) is 39.5 Å². The molecule has 0 spiro atoms. The van der Waals surface area contributed by atoms with Crippen molar-refractivity contribution in [3.05, 3.63) is 72.3 Å². The molecule has 2 aliphatic rings. The minimum atomic E-state index is 0.312. The molecular weight excluding hydrogens is 452 g/mol. The predicted octanol–water partition coefficient (Wildman–Crippen LogP) is 3.84. The molecule has 0 amide bonds. The Morgan fingerprint density at radius 2 is 1.14 bits per heavy atom. The second kappa shape index (κ2) is 12.2. The molecule has 2 aromatic rings. The summed E-state index contributed by atoms with van der Waals surface area (Å²) in [7, 11) is 0. The third kappa shape index (κ3) is 6.81. The number of hydrogen-bond donors (Lipinski definition) is 4. The highest BCUT2D eigenvalue weighted by Gasteiger charge is 2.25. The Labute approximate surface area is 213 Å². The first-order valence-corrected chi connectivity index (χ1v) is 12.6. The van der Waals surface area contributed by atoms with E-state index in [1.165, 1.54) is 0 Å². The van der Waals surface area contributed by atoms with Crippen LogP contribution in [0.1, 0.15) is 36.8 Å². The van der Waals surface area contributed by atoms with Gasteiger partial charge in [0.2, 0.25) is 0 Å². The number of benzene rings is 2. The first-order valence-electron chi connectivity index (χ1n) is 12.6. The van der Waals surface area contributed by atoms with Gasteiger partial charge in [-0.05, 0) is 49.9 Å². The van der Waals surface area contributed by atoms with Gasteiger partial charge in [-0.2, -0.15) is 0 Å². The molecule has 2 aliphatic heterocycles. The monoisotopic (exact) mass is 488 g/mol. The Morgan fingerprint density at radius 3 is 1.56 bits per heavy atom. The van der Waals surface area contributed by atoms with Gasteiger partial charge < -0.3 is 20.8 Å². The van der Waals surface area contributed by atoms with Gasteiger partial charge in [0, 0.05) is 23.5 Å². The zero-order valence-corrected chi connectivity index (χ0v) is 21.1. The van der Waals surface area contributed by atoms with Crippen LogP contribution in [0.5, 0.6) is 11.5 Å². The molecule has 0 bridgehead atoms. The maximum atomic E-state index is 9.87. The lowest BCUT2D eigenvalue weighted by Gasteiger charge is -2.13. The maximum Gasteiger partial charge on any atom is 0.298 e. The van der Waals surface area contributed by atoms with Gasteiger partial charge in [-0.1, -0.05) is 22.1 Å². The largest absolute Gasteiger partial charge is 0.508 e. The lowest BCUT2D eigenvalue weighted by atomic mass is 10.1. The normalized spacial score (nSPS) is 14.4. The highest BCUT2D eigenvalue weighted by Crippen LogP contribution is 2.21. The molecule has 0 unspecified atom stereocenters. The number of hydrogen-bond acceptors (Lipinski definition) is 8. The van der Waals surface area contributed by atoms with E-state index in [0.717, 1.165) is 86.0 Å². The van der Waals surface area contributed by atoms with Crippen molar-refractivity contribution in [2.75, 3.05) is 36.8 Å². The molecule has 0 saturated heterocycles. The molecule has 2 aromatic carbocycles. The summed E-state index contributed by atoms with van der Waals surface area (Å²) >= 11 is 0. The predicted molar refractivity (Wildman–Crippen MR) is 147 cm³/mol. The fraction of sp³-hybridized carbons (Fsp3) is 0.357. The quantitative estimate of drug-likeness (QED) is 0.320. The summed E-state index contributed by atoms with van der Waals surface area (Å²) in [5, 5.41) is 26.5. The van der Waals surface area contributed by atoms with E-state index in [4.69, 9.17) is 0 Å². The Morgan fingerprint density at radius 1 is 0.694 bits per heavy atom. The molecule has 36 heavy (non-hydrogen) atoms. The summed E-state index contributed by atoms with van der Waals surface area (Å²) < 4.78 is 0. The van der Waals surface area contributed by atoms with Crippen LogP contribution < -0.4 is 20.6 Å². The van der Waals surface area contributed by atoms with Gasteiger partial charge in [0.05, 0.1) is 25.9 Å². The zero-order chi connectivity index (χ0) is 25.3. The molecule has 2 radical (unpaired) electrons. The number of nitrogens with one attached hydrogen (secondary N) is 2. The van der Waals surface area contributed by atoms with E-state index in [1.807, 2.05) is 62.9 Å². The van der Waals surface area contributed by atoms with Crippen LogP contribution in [0.3, 0.4) is 0 Å². The van der Waals surface area contributed by atoms with Crippen LogP contribution in [0.25, 0.3) is 0 Å². The summed E-state index contributed by atoms with van der Waals surface area (Å²) in [6.07, 6.45) is 11.7. The lowest BCUT2D eigenvalue weighted by Crippen LogP contribution is -2.30. The summed E-state index contributed by atoms with van der Waals surface area (Å²) in [6, 6.07) is 11.3. The second-order valence-corrected chi connectivity index (χ2v) is 9.14. The third-order valence-corrected chi connectivity index (χ3v) is 6.44. The van der Waals surface area contributed by atoms with Crippen molar-refractivity contribution in [1.82, 2.24) is 19.8 Å². The summed E-state index contributed by atoms with van der Waals surface area (Å²) in [6.45, 7) is 6.95. The van der Waals surface area contributed by atoms with Gasteiger partial charge in [-0.3, -0.25) is 0 Å². The maximum absolute atomic E-state index is 9.87. The number of unbranched alkanes of at least 4 members (excludes halogenated alkanes) is 1. The molecule has 0 atom stereocenters. The topological polar surface area (TPSA) is 99.2 Å².